The van der Waals surface area contributed by atoms with Gasteiger partial charge in [-0.1, -0.05) is 20.3 Å². The Hall–Kier alpha value is -0.350. The fraction of sp³-hybridized carbons (Fsp3) is 0.769. The summed E-state index contributed by atoms with van der Waals surface area (Å²) in [5, 5.41) is 4.55. The summed E-state index contributed by atoms with van der Waals surface area (Å²) >= 11 is 3.69. The summed E-state index contributed by atoms with van der Waals surface area (Å²) in [4.78, 5) is 2.55. The van der Waals surface area contributed by atoms with E-state index in [0.29, 0.717) is 0 Å². The van der Waals surface area contributed by atoms with Crippen molar-refractivity contribution in [2.45, 2.75) is 39.7 Å². The molecule has 1 aliphatic rings. The van der Waals surface area contributed by atoms with Crippen LogP contribution in [0.4, 0.5) is 0 Å². The van der Waals surface area contributed by atoms with Gasteiger partial charge >= 0.3 is 0 Å². The van der Waals surface area contributed by atoms with Gasteiger partial charge in [0, 0.05) is 20.1 Å². The van der Waals surface area contributed by atoms with Crippen molar-refractivity contribution in [3.05, 3.63) is 15.9 Å². The molecule has 2 heterocycles. The molecule has 1 aromatic rings. The van der Waals surface area contributed by atoms with Gasteiger partial charge in [0.1, 0.15) is 0 Å². The highest BCUT2D eigenvalue weighted by atomic mass is 79.9. The molecular weight excluding hydrogens is 278 g/mol. The quantitative estimate of drug-likeness (QED) is 0.852. The first kappa shape index (κ1) is 13.1. The minimum atomic E-state index is 0.896. The molecule has 0 amide bonds. The van der Waals surface area contributed by atoms with Gasteiger partial charge in [0.15, 0.2) is 0 Å². The first-order chi connectivity index (χ1) is 8.15. The summed E-state index contributed by atoms with van der Waals surface area (Å²) in [6, 6.07) is 0. The Balaban J connectivity index is 2.06. The predicted octanol–water partition coefficient (Wildman–Crippen LogP) is 2.98. The Labute approximate surface area is 112 Å². The lowest BCUT2D eigenvalue weighted by molar-refractivity contribution is 0.305. The molecule has 1 aliphatic heterocycles. The van der Waals surface area contributed by atoms with Crippen molar-refractivity contribution in [2.24, 2.45) is 13.0 Å². The minimum Gasteiger partial charge on any atom is -0.297 e. The molecule has 1 unspecified atom stereocenters. The van der Waals surface area contributed by atoms with E-state index in [9.17, 15) is 0 Å². The van der Waals surface area contributed by atoms with Crippen molar-refractivity contribution in [1.29, 1.82) is 0 Å². The molecule has 0 saturated carbocycles. The van der Waals surface area contributed by atoms with E-state index in [0.717, 1.165) is 18.9 Å². The van der Waals surface area contributed by atoms with Crippen LogP contribution in [-0.4, -0.2) is 27.8 Å². The molecule has 0 aromatic carbocycles. The van der Waals surface area contributed by atoms with Crippen LogP contribution in [0.1, 0.15) is 38.1 Å². The monoisotopic (exact) mass is 299 g/mol. The Morgan fingerprint density at radius 1 is 1.41 bits per heavy atom. The number of likely N-dealkylation sites (tertiary alicyclic amines) is 1. The molecule has 1 aromatic heterocycles. The average molecular weight is 300 g/mol. The van der Waals surface area contributed by atoms with Crippen molar-refractivity contribution in [1.82, 2.24) is 14.7 Å². The van der Waals surface area contributed by atoms with Gasteiger partial charge in [0.05, 0.1) is 15.9 Å². The molecule has 1 atom stereocenters. The van der Waals surface area contributed by atoms with Crippen LogP contribution in [0.2, 0.25) is 0 Å². The van der Waals surface area contributed by atoms with Crippen LogP contribution in [0.25, 0.3) is 0 Å². The summed E-state index contributed by atoms with van der Waals surface area (Å²) in [6.45, 7) is 7.96. The predicted molar refractivity (Wildman–Crippen MR) is 74.0 cm³/mol. The maximum absolute atomic E-state index is 4.55. The zero-order chi connectivity index (χ0) is 12.4. The second-order valence-corrected chi connectivity index (χ2v) is 5.78. The van der Waals surface area contributed by atoms with Crippen LogP contribution in [0, 0.1) is 5.92 Å². The normalized spacial score (nSPS) is 21.3. The fourth-order valence-electron chi connectivity index (χ4n) is 2.59. The Kier molecular flexibility index (Phi) is 4.26. The van der Waals surface area contributed by atoms with Crippen molar-refractivity contribution in [3.8, 4) is 0 Å². The molecule has 17 heavy (non-hydrogen) atoms. The Morgan fingerprint density at radius 2 is 2.18 bits per heavy atom. The first-order valence-corrected chi connectivity index (χ1v) is 7.37. The zero-order valence-corrected chi connectivity index (χ0v) is 12.6. The number of halogens is 1. The van der Waals surface area contributed by atoms with Crippen LogP contribution < -0.4 is 0 Å². The third-order valence-corrected chi connectivity index (χ3v) is 4.74. The first-order valence-electron chi connectivity index (χ1n) is 6.58. The average Bonchev–Trinajstić information content (AvgIpc) is 2.88. The number of aryl methyl sites for hydroxylation is 2. The maximum atomic E-state index is 4.55. The number of rotatable bonds is 4. The molecule has 96 valence electrons. The van der Waals surface area contributed by atoms with Gasteiger partial charge in [-0.15, -0.1) is 0 Å². The number of nitrogens with zero attached hydrogens (tertiary/aromatic N) is 3. The molecule has 1 fully saturated rings. The van der Waals surface area contributed by atoms with Crippen molar-refractivity contribution >= 4 is 15.9 Å². The Bertz CT molecular complexity index is 386. The SMILES string of the molecule is CCc1nn(C)c(CN2CCC(CC)C2)c1Br. The minimum absolute atomic E-state index is 0.896. The van der Waals surface area contributed by atoms with Crippen molar-refractivity contribution in [3.63, 3.8) is 0 Å². The van der Waals surface area contributed by atoms with E-state index in [1.807, 2.05) is 11.7 Å². The van der Waals surface area contributed by atoms with E-state index < -0.39 is 0 Å². The van der Waals surface area contributed by atoms with E-state index in [1.165, 1.54) is 41.8 Å². The molecule has 0 radical (unpaired) electrons. The fourth-order valence-corrected chi connectivity index (χ4v) is 3.33. The van der Waals surface area contributed by atoms with Crippen molar-refractivity contribution < 1.29 is 0 Å². The molecule has 3 nitrogen and oxygen atoms in total. The smallest absolute Gasteiger partial charge is 0.0767 e. The molecule has 1 saturated heterocycles. The van der Waals surface area contributed by atoms with Gasteiger partial charge in [-0.05, 0) is 41.2 Å². The van der Waals surface area contributed by atoms with Crippen LogP contribution in [0.15, 0.2) is 4.47 Å². The summed E-state index contributed by atoms with van der Waals surface area (Å²) in [7, 11) is 2.05. The van der Waals surface area contributed by atoms with E-state index in [4.69, 9.17) is 0 Å². The van der Waals surface area contributed by atoms with Crippen LogP contribution >= 0.6 is 15.9 Å². The number of hydrogen-bond acceptors (Lipinski definition) is 2. The topological polar surface area (TPSA) is 21.1 Å². The Morgan fingerprint density at radius 3 is 2.71 bits per heavy atom. The molecule has 0 spiro atoms. The highest BCUT2D eigenvalue weighted by molar-refractivity contribution is 9.10. The maximum Gasteiger partial charge on any atom is 0.0767 e. The van der Waals surface area contributed by atoms with Crippen LogP contribution in [-0.2, 0) is 20.0 Å². The number of hydrogen-bond donors (Lipinski definition) is 0. The van der Waals surface area contributed by atoms with Gasteiger partial charge in [-0.2, -0.15) is 5.10 Å². The standard InChI is InChI=1S/C13H22BrN3/c1-4-10-6-7-17(8-10)9-12-13(14)11(5-2)15-16(12)3/h10H,4-9H2,1-3H3. The molecular formula is C13H22BrN3. The summed E-state index contributed by atoms with van der Waals surface area (Å²) in [5.74, 6) is 0.896. The lowest BCUT2D eigenvalue weighted by atomic mass is 10.1. The second-order valence-electron chi connectivity index (χ2n) is 4.98. The number of aromatic nitrogens is 2. The van der Waals surface area contributed by atoms with E-state index >= 15 is 0 Å². The molecule has 0 bridgehead atoms. The van der Waals surface area contributed by atoms with Gasteiger partial charge in [-0.25, -0.2) is 0 Å². The van der Waals surface area contributed by atoms with Gasteiger partial charge in [0.25, 0.3) is 0 Å². The molecule has 2 rings (SSSR count). The summed E-state index contributed by atoms with van der Waals surface area (Å²) in [5.41, 5.74) is 2.49. The van der Waals surface area contributed by atoms with Gasteiger partial charge in [-0.3, -0.25) is 9.58 Å². The highest BCUT2D eigenvalue weighted by Gasteiger charge is 2.23. The zero-order valence-electron chi connectivity index (χ0n) is 11.0. The third kappa shape index (κ3) is 2.74. The highest BCUT2D eigenvalue weighted by Crippen LogP contribution is 2.26. The van der Waals surface area contributed by atoms with Crippen LogP contribution in [0.5, 0.6) is 0 Å². The van der Waals surface area contributed by atoms with Crippen molar-refractivity contribution in [2.75, 3.05) is 13.1 Å². The molecule has 0 aliphatic carbocycles. The van der Waals surface area contributed by atoms with Crippen LogP contribution in [0.3, 0.4) is 0 Å². The lowest BCUT2D eigenvalue weighted by Gasteiger charge is -2.16. The molecule has 0 N–H and O–H groups in total. The summed E-state index contributed by atoms with van der Waals surface area (Å²) in [6.07, 6.45) is 3.65. The van der Waals surface area contributed by atoms with Gasteiger partial charge in [0.2, 0.25) is 0 Å². The van der Waals surface area contributed by atoms with Gasteiger partial charge < -0.3 is 0 Å². The second kappa shape index (κ2) is 5.53. The molecule has 4 heteroatoms. The van der Waals surface area contributed by atoms with E-state index in [2.05, 4.69) is 39.8 Å². The largest absolute Gasteiger partial charge is 0.297 e. The van der Waals surface area contributed by atoms with E-state index in [-0.39, 0.29) is 0 Å². The lowest BCUT2D eigenvalue weighted by Crippen LogP contribution is -2.21. The summed E-state index contributed by atoms with van der Waals surface area (Å²) < 4.78 is 3.24. The third-order valence-electron chi connectivity index (χ3n) is 3.82. The van der Waals surface area contributed by atoms with E-state index in [1.54, 1.807) is 0 Å².